The van der Waals surface area contributed by atoms with Crippen molar-refractivity contribution in [2.75, 3.05) is 13.7 Å². The van der Waals surface area contributed by atoms with E-state index < -0.39 is 5.97 Å². The second-order valence-corrected chi connectivity index (χ2v) is 4.48. The Balaban J connectivity index is 1.98. The summed E-state index contributed by atoms with van der Waals surface area (Å²) in [5, 5.41) is 8.97. The molecule has 1 aromatic rings. The van der Waals surface area contributed by atoms with Gasteiger partial charge in [-0.1, -0.05) is 6.08 Å². The molecule has 1 amide bonds. The van der Waals surface area contributed by atoms with Gasteiger partial charge in [0, 0.05) is 18.9 Å². The molecule has 0 atom stereocenters. The van der Waals surface area contributed by atoms with E-state index in [-0.39, 0.29) is 24.0 Å². The molecule has 1 heterocycles. The largest absolute Gasteiger partial charge is 0.481 e. The molecule has 6 nitrogen and oxygen atoms in total. The van der Waals surface area contributed by atoms with Gasteiger partial charge in [-0.25, -0.2) is 9.78 Å². The Morgan fingerprint density at radius 3 is 2.95 bits per heavy atom. The van der Waals surface area contributed by atoms with Gasteiger partial charge in [0.15, 0.2) is 18.1 Å². The van der Waals surface area contributed by atoms with Gasteiger partial charge < -0.3 is 14.7 Å². The number of carboxylic acid groups (broad SMARTS) is 1. The van der Waals surface area contributed by atoms with E-state index in [0.717, 1.165) is 25.0 Å². The molecule has 6 heteroatoms. The maximum atomic E-state index is 12.0. The predicted octanol–water partition coefficient (Wildman–Crippen LogP) is 1.68. The highest BCUT2D eigenvalue weighted by Gasteiger charge is 2.18. The fourth-order valence-corrected chi connectivity index (χ4v) is 2.02. The van der Waals surface area contributed by atoms with Gasteiger partial charge in [-0.15, -0.1) is 0 Å². The second-order valence-electron chi connectivity index (χ2n) is 4.48. The lowest BCUT2D eigenvalue weighted by Crippen LogP contribution is -2.30. The van der Waals surface area contributed by atoms with Gasteiger partial charge in [0.05, 0.1) is 0 Å². The molecule has 0 bridgehead atoms. The van der Waals surface area contributed by atoms with Crippen molar-refractivity contribution in [3.63, 3.8) is 0 Å². The maximum absolute atomic E-state index is 12.0. The van der Waals surface area contributed by atoms with Crippen molar-refractivity contribution in [2.45, 2.75) is 19.3 Å². The van der Waals surface area contributed by atoms with Crippen LogP contribution < -0.4 is 4.74 Å². The number of carboxylic acids is 1. The second kappa shape index (κ2) is 6.18. The first kappa shape index (κ1) is 14.0. The van der Waals surface area contributed by atoms with Crippen LogP contribution in [0.15, 0.2) is 30.1 Å². The minimum atomic E-state index is -1.18. The van der Waals surface area contributed by atoms with Crippen LogP contribution in [0.3, 0.4) is 0 Å². The first-order valence-electron chi connectivity index (χ1n) is 6.36. The molecule has 20 heavy (non-hydrogen) atoms. The third kappa shape index (κ3) is 3.14. The zero-order valence-corrected chi connectivity index (χ0v) is 11.2. The summed E-state index contributed by atoms with van der Waals surface area (Å²) in [6.45, 7) is -0.209. The van der Waals surface area contributed by atoms with Gasteiger partial charge in [0.2, 0.25) is 0 Å². The summed E-state index contributed by atoms with van der Waals surface area (Å²) in [5.41, 5.74) is 0.797. The van der Waals surface area contributed by atoms with E-state index in [1.807, 2.05) is 6.08 Å². The van der Waals surface area contributed by atoms with Crippen LogP contribution in [0, 0.1) is 0 Å². The van der Waals surface area contributed by atoms with Crippen LogP contribution in [0.5, 0.6) is 5.75 Å². The average molecular weight is 276 g/mol. The number of allylic oxidation sites excluding steroid dienone is 2. The number of aromatic carboxylic acids is 1. The van der Waals surface area contributed by atoms with Gasteiger partial charge in [-0.2, -0.15) is 0 Å². The van der Waals surface area contributed by atoms with Crippen molar-refractivity contribution >= 4 is 11.9 Å². The standard InChI is InChI=1S/C14H16N2O4/c1-16(10-5-2-3-6-10)12(17)9-20-11-7-4-8-15-13(11)14(18)19/h4-5,7-8H,2-3,6,9H2,1H3,(H,18,19). The summed E-state index contributed by atoms with van der Waals surface area (Å²) >= 11 is 0. The van der Waals surface area contributed by atoms with Crippen LogP contribution >= 0.6 is 0 Å². The highest BCUT2D eigenvalue weighted by molar-refractivity contribution is 5.88. The summed E-state index contributed by atoms with van der Waals surface area (Å²) in [4.78, 5) is 28.2. The number of pyridine rings is 1. The monoisotopic (exact) mass is 276 g/mol. The molecule has 0 aliphatic heterocycles. The first-order valence-corrected chi connectivity index (χ1v) is 6.36. The molecule has 0 saturated carbocycles. The number of hydrogen-bond donors (Lipinski definition) is 1. The van der Waals surface area contributed by atoms with E-state index in [9.17, 15) is 9.59 Å². The lowest BCUT2D eigenvalue weighted by molar-refractivity contribution is -0.130. The van der Waals surface area contributed by atoms with Crippen LogP contribution in [0.1, 0.15) is 29.8 Å². The van der Waals surface area contributed by atoms with E-state index in [0.29, 0.717) is 0 Å². The molecule has 1 N–H and O–H groups in total. The number of rotatable bonds is 5. The first-order chi connectivity index (χ1) is 9.59. The number of likely N-dealkylation sites (N-methyl/N-ethyl adjacent to an activating group) is 1. The van der Waals surface area contributed by atoms with E-state index in [1.54, 1.807) is 18.0 Å². The third-order valence-corrected chi connectivity index (χ3v) is 3.15. The molecular formula is C14H16N2O4. The average Bonchev–Trinajstić information content (AvgIpc) is 2.98. The fraction of sp³-hybridized carbons (Fsp3) is 0.357. The molecule has 1 aliphatic carbocycles. The smallest absolute Gasteiger partial charge is 0.358 e. The number of nitrogens with zero attached hydrogens (tertiary/aromatic N) is 2. The minimum Gasteiger partial charge on any atom is -0.481 e. The molecule has 0 unspecified atom stereocenters. The van der Waals surface area contributed by atoms with E-state index >= 15 is 0 Å². The van der Waals surface area contributed by atoms with Crippen LogP contribution in [0.4, 0.5) is 0 Å². The highest BCUT2D eigenvalue weighted by Crippen LogP contribution is 2.21. The summed E-state index contributed by atoms with van der Waals surface area (Å²) < 4.78 is 5.28. The molecule has 1 aliphatic rings. The normalized spacial score (nSPS) is 13.8. The molecule has 106 valence electrons. The summed E-state index contributed by atoms with van der Waals surface area (Å²) in [6.07, 6.45) is 6.33. The van der Waals surface area contributed by atoms with Gasteiger partial charge in [-0.3, -0.25) is 4.79 Å². The van der Waals surface area contributed by atoms with Crippen molar-refractivity contribution in [3.05, 3.63) is 35.8 Å². The number of carbonyl (C=O) groups is 2. The lowest BCUT2D eigenvalue weighted by atomic mass is 10.3. The van der Waals surface area contributed by atoms with Crippen LogP contribution in [-0.2, 0) is 4.79 Å². The zero-order chi connectivity index (χ0) is 14.5. The van der Waals surface area contributed by atoms with Crippen LogP contribution in [0.2, 0.25) is 0 Å². The van der Waals surface area contributed by atoms with Crippen molar-refractivity contribution in [1.82, 2.24) is 9.88 Å². The van der Waals surface area contributed by atoms with Crippen molar-refractivity contribution < 1.29 is 19.4 Å². The Morgan fingerprint density at radius 1 is 1.50 bits per heavy atom. The third-order valence-electron chi connectivity index (χ3n) is 3.15. The van der Waals surface area contributed by atoms with Gasteiger partial charge in [0.1, 0.15) is 0 Å². The van der Waals surface area contributed by atoms with E-state index in [4.69, 9.17) is 9.84 Å². The quantitative estimate of drug-likeness (QED) is 0.885. The number of amides is 1. The van der Waals surface area contributed by atoms with Gasteiger partial charge in [0.25, 0.3) is 5.91 Å². The zero-order valence-electron chi connectivity index (χ0n) is 11.2. The molecule has 0 radical (unpaired) electrons. The van der Waals surface area contributed by atoms with Gasteiger partial charge in [-0.05, 0) is 31.4 Å². The predicted molar refractivity (Wildman–Crippen MR) is 71.4 cm³/mol. The van der Waals surface area contributed by atoms with Crippen LogP contribution in [0.25, 0.3) is 0 Å². The van der Waals surface area contributed by atoms with Crippen molar-refractivity contribution in [1.29, 1.82) is 0 Å². The Kier molecular flexibility index (Phi) is 4.34. The van der Waals surface area contributed by atoms with Gasteiger partial charge >= 0.3 is 5.97 Å². The molecular weight excluding hydrogens is 260 g/mol. The lowest BCUT2D eigenvalue weighted by Gasteiger charge is -2.18. The molecule has 0 saturated heterocycles. The molecule has 0 fully saturated rings. The molecule has 0 aromatic carbocycles. The number of carbonyl (C=O) groups excluding carboxylic acids is 1. The highest BCUT2D eigenvalue weighted by atomic mass is 16.5. The van der Waals surface area contributed by atoms with E-state index in [2.05, 4.69) is 4.98 Å². The maximum Gasteiger partial charge on any atom is 0.358 e. The summed E-state index contributed by atoms with van der Waals surface area (Å²) in [6, 6.07) is 3.05. The number of hydrogen-bond acceptors (Lipinski definition) is 4. The molecule has 2 rings (SSSR count). The molecule has 0 spiro atoms. The summed E-state index contributed by atoms with van der Waals surface area (Å²) in [5.74, 6) is -1.29. The Hall–Kier alpha value is -2.37. The number of ether oxygens (including phenoxy) is 1. The number of aromatic nitrogens is 1. The Bertz CT molecular complexity index is 554. The minimum absolute atomic E-state index is 0.0992. The Labute approximate surface area is 116 Å². The fourth-order valence-electron chi connectivity index (χ4n) is 2.02. The van der Waals surface area contributed by atoms with Crippen LogP contribution in [-0.4, -0.2) is 40.5 Å². The Morgan fingerprint density at radius 2 is 2.30 bits per heavy atom. The molecule has 1 aromatic heterocycles. The summed E-state index contributed by atoms with van der Waals surface area (Å²) in [7, 11) is 1.70. The van der Waals surface area contributed by atoms with Crippen molar-refractivity contribution in [3.8, 4) is 5.75 Å². The SMILES string of the molecule is CN(C(=O)COc1cccnc1C(=O)O)C1=CCCC1. The van der Waals surface area contributed by atoms with Crippen molar-refractivity contribution in [2.24, 2.45) is 0 Å². The topological polar surface area (TPSA) is 79.7 Å². The van der Waals surface area contributed by atoms with E-state index in [1.165, 1.54) is 12.3 Å².